The Morgan fingerprint density at radius 3 is 1.70 bits per heavy atom. The molecule has 1 heterocycles. The van der Waals surface area contributed by atoms with Gasteiger partial charge in [-0.05, 0) is 59.7 Å². The number of rotatable bonds is 9. The number of nitrogens with zero attached hydrogens (tertiary/aromatic N) is 2. The number of aliphatic hydroxyl groups is 1. The Labute approximate surface area is 230 Å². The lowest BCUT2D eigenvalue weighted by Crippen LogP contribution is -2.49. The van der Waals surface area contributed by atoms with E-state index in [9.17, 15) is 13.9 Å². The number of halogens is 2. The van der Waals surface area contributed by atoms with Crippen molar-refractivity contribution in [2.45, 2.75) is 12.2 Å². The van der Waals surface area contributed by atoms with Crippen LogP contribution in [0, 0.1) is 11.6 Å². The van der Waals surface area contributed by atoms with Crippen LogP contribution in [0.4, 0.5) is 14.5 Å². The molecule has 1 aliphatic heterocycles. The fourth-order valence-electron chi connectivity index (χ4n) is 4.20. The third-order valence-corrected chi connectivity index (χ3v) is 6.26. The van der Waals surface area contributed by atoms with E-state index < -0.39 is 24.1 Å². The van der Waals surface area contributed by atoms with Gasteiger partial charge in [-0.1, -0.05) is 24.3 Å². The average Bonchev–Trinajstić information content (AvgIpc) is 2.95. The van der Waals surface area contributed by atoms with Crippen molar-refractivity contribution in [2.24, 2.45) is 0 Å². The number of ether oxygens (including phenoxy) is 2. The van der Waals surface area contributed by atoms with Crippen molar-refractivity contribution in [3.63, 3.8) is 0 Å². The predicted octanol–water partition coefficient (Wildman–Crippen LogP) is 3.42. The van der Waals surface area contributed by atoms with Crippen LogP contribution in [0.2, 0.25) is 0 Å². The quantitative estimate of drug-likeness (QED) is 0.340. The Balaban J connectivity index is 0.000000663. The molecule has 3 aromatic rings. The van der Waals surface area contributed by atoms with Crippen LogP contribution in [-0.2, 0) is 14.3 Å². The number of carboxylic acid groups (broad SMARTS) is 2. The molecule has 4 rings (SSSR count). The number of benzene rings is 3. The largest absolute Gasteiger partial charge is 0.497 e. The number of carboxylic acids is 2. The second kappa shape index (κ2) is 14.9. The normalized spacial score (nSPS) is 14.3. The van der Waals surface area contributed by atoms with Crippen molar-refractivity contribution in [3.05, 3.63) is 95.6 Å². The van der Waals surface area contributed by atoms with Crippen molar-refractivity contribution in [1.82, 2.24) is 4.90 Å². The number of anilines is 1. The van der Waals surface area contributed by atoms with Crippen molar-refractivity contribution in [3.8, 4) is 5.75 Å². The lowest BCUT2D eigenvalue weighted by atomic mass is 10.0. The summed E-state index contributed by atoms with van der Waals surface area (Å²) in [5.74, 6) is -3.49. The minimum Gasteiger partial charge on any atom is -0.497 e. The first-order valence-corrected chi connectivity index (χ1v) is 12.5. The van der Waals surface area contributed by atoms with Gasteiger partial charge in [0.25, 0.3) is 0 Å². The maximum absolute atomic E-state index is 13.4. The van der Waals surface area contributed by atoms with Crippen LogP contribution < -0.4 is 9.64 Å². The first-order chi connectivity index (χ1) is 19.2. The molecule has 0 radical (unpaired) electrons. The van der Waals surface area contributed by atoms with E-state index in [0.717, 1.165) is 48.7 Å². The maximum Gasteiger partial charge on any atom is 0.414 e. The summed E-state index contributed by atoms with van der Waals surface area (Å²) in [6.07, 6.45) is -1.21. The summed E-state index contributed by atoms with van der Waals surface area (Å²) in [5, 5.41) is 25.4. The van der Waals surface area contributed by atoms with Crippen LogP contribution >= 0.6 is 0 Å². The van der Waals surface area contributed by atoms with E-state index in [2.05, 4.69) is 21.9 Å². The molecule has 0 bridgehead atoms. The zero-order chi connectivity index (χ0) is 29.1. The Morgan fingerprint density at radius 2 is 1.27 bits per heavy atom. The predicted molar refractivity (Wildman–Crippen MR) is 144 cm³/mol. The number of hydrogen-bond acceptors (Lipinski definition) is 7. The van der Waals surface area contributed by atoms with Gasteiger partial charge in [0.1, 0.15) is 23.5 Å². The first-order valence-electron chi connectivity index (χ1n) is 12.5. The van der Waals surface area contributed by atoms with Gasteiger partial charge in [-0.25, -0.2) is 18.4 Å². The fourth-order valence-corrected chi connectivity index (χ4v) is 4.20. The Kier molecular flexibility index (Phi) is 11.4. The molecule has 0 aliphatic carbocycles. The number of carbonyl (C=O) groups is 2. The van der Waals surface area contributed by atoms with E-state index in [1.54, 1.807) is 31.4 Å². The summed E-state index contributed by atoms with van der Waals surface area (Å²) in [4.78, 5) is 22.7. The minimum absolute atomic E-state index is 0.109. The average molecular weight is 559 g/mol. The van der Waals surface area contributed by atoms with E-state index in [1.807, 2.05) is 12.1 Å². The molecule has 0 aromatic heterocycles. The number of aliphatic carboxylic acids is 2. The molecule has 0 spiro atoms. The van der Waals surface area contributed by atoms with Crippen molar-refractivity contribution in [2.75, 3.05) is 51.3 Å². The molecule has 11 heteroatoms. The smallest absolute Gasteiger partial charge is 0.414 e. The van der Waals surface area contributed by atoms with Gasteiger partial charge < -0.3 is 29.7 Å². The van der Waals surface area contributed by atoms with Crippen LogP contribution in [0.1, 0.15) is 17.2 Å². The summed E-state index contributed by atoms with van der Waals surface area (Å²) >= 11 is 0. The van der Waals surface area contributed by atoms with Crippen LogP contribution in [-0.4, -0.2) is 84.7 Å². The maximum atomic E-state index is 13.4. The molecular formula is C29H32F2N2O7. The van der Waals surface area contributed by atoms with Crippen LogP contribution in [0.3, 0.4) is 0 Å². The summed E-state index contributed by atoms with van der Waals surface area (Å²) < 4.78 is 38.1. The van der Waals surface area contributed by atoms with Gasteiger partial charge in [0.2, 0.25) is 0 Å². The lowest BCUT2D eigenvalue weighted by Gasteiger charge is -2.37. The van der Waals surface area contributed by atoms with Crippen molar-refractivity contribution < 1.29 is 43.2 Å². The molecule has 40 heavy (non-hydrogen) atoms. The molecule has 1 unspecified atom stereocenters. The Hall–Kier alpha value is -4.06. The summed E-state index contributed by atoms with van der Waals surface area (Å²) in [6, 6.07) is 20.1. The third kappa shape index (κ3) is 9.30. The van der Waals surface area contributed by atoms with Crippen molar-refractivity contribution in [1.29, 1.82) is 0 Å². The van der Waals surface area contributed by atoms with Gasteiger partial charge in [-0.2, -0.15) is 0 Å². The second-order valence-electron chi connectivity index (χ2n) is 9.07. The molecule has 1 saturated heterocycles. The highest BCUT2D eigenvalue weighted by Crippen LogP contribution is 2.27. The van der Waals surface area contributed by atoms with Gasteiger partial charge in [0, 0.05) is 38.4 Å². The highest BCUT2D eigenvalue weighted by Gasteiger charge is 2.22. The van der Waals surface area contributed by atoms with E-state index in [1.165, 1.54) is 24.3 Å². The van der Waals surface area contributed by atoms with Gasteiger partial charge >= 0.3 is 11.9 Å². The molecule has 3 aromatic carbocycles. The molecule has 1 aliphatic rings. The van der Waals surface area contributed by atoms with E-state index in [4.69, 9.17) is 29.3 Å². The van der Waals surface area contributed by atoms with Crippen LogP contribution in [0.15, 0.2) is 72.8 Å². The van der Waals surface area contributed by atoms with E-state index in [0.29, 0.717) is 6.54 Å². The second-order valence-corrected chi connectivity index (χ2v) is 9.07. The first kappa shape index (κ1) is 30.5. The van der Waals surface area contributed by atoms with Gasteiger partial charge in [0.15, 0.2) is 0 Å². The minimum atomic E-state index is -1.82. The van der Waals surface area contributed by atoms with E-state index >= 15 is 0 Å². The number of β-amino-alcohol motifs (C(OH)–C–C–N with tert-alkyl or cyclic N) is 1. The van der Waals surface area contributed by atoms with Crippen molar-refractivity contribution >= 4 is 17.6 Å². The topological polar surface area (TPSA) is 120 Å². The Bertz CT molecular complexity index is 1160. The SMILES string of the molecule is COc1ccc(N2CCN(CC(O)COC(c3ccc(F)cc3)c3ccc(F)cc3)CC2)cc1.O=C(O)C(=O)O. The molecule has 214 valence electrons. The highest BCUT2D eigenvalue weighted by atomic mass is 19.1. The zero-order valence-electron chi connectivity index (χ0n) is 22.0. The summed E-state index contributed by atoms with van der Waals surface area (Å²) in [7, 11) is 1.66. The highest BCUT2D eigenvalue weighted by molar-refractivity contribution is 6.27. The number of hydrogen-bond donors (Lipinski definition) is 3. The summed E-state index contributed by atoms with van der Waals surface area (Å²) in [5.41, 5.74) is 2.65. The number of methoxy groups -OCH3 is 1. The molecule has 0 amide bonds. The molecular weight excluding hydrogens is 526 g/mol. The zero-order valence-corrected chi connectivity index (χ0v) is 22.0. The number of aliphatic hydroxyl groups excluding tert-OH is 1. The lowest BCUT2D eigenvalue weighted by molar-refractivity contribution is -0.159. The van der Waals surface area contributed by atoms with E-state index in [-0.39, 0.29) is 18.2 Å². The molecule has 1 atom stereocenters. The van der Waals surface area contributed by atoms with Gasteiger partial charge in [-0.15, -0.1) is 0 Å². The fraction of sp³-hybridized carbons (Fsp3) is 0.310. The molecule has 1 fully saturated rings. The molecule has 0 saturated carbocycles. The molecule has 9 nitrogen and oxygen atoms in total. The third-order valence-electron chi connectivity index (χ3n) is 6.26. The standard InChI is InChI=1S/C27H30F2N2O3.C2H2O4/c1-33-26-12-10-24(11-13-26)31-16-14-30(15-17-31)18-25(32)19-34-27(20-2-6-22(28)7-3-20)21-4-8-23(29)9-5-21;3-1(4)2(5)6/h2-13,25,27,32H,14-19H2,1H3;(H,3,4)(H,5,6). The summed E-state index contributed by atoms with van der Waals surface area (Å²) in [6.45, 7) is 4.01. The van der Waals surface area contributed by atoms with Gasteiger partial charge in [0.05, 0.1) is 19.8 Å². The monoisotopic (exact) mass is 558 g/mol. The van der Waals surface area contributed by atoms with Crippen LogP contribution in [0.25, 0.3) is 0 Å². The Morgan fingerprint density at radius 1 is 0.800 bits per heavy atom. The van der Waals surface area contributed by atoms with Gasteiger partial charge in [-0.3, -0.25) is 4.90 Å². The number of piperazine rings is 1. The molecule has 3 N–H and O–H groups in total. The van der Waals surface area contributed by atoms with Crippen LogP contribution in [0.5, 0.6) is 5.75 Å².